The average Bonchev–Trinajstić information content (AvgIpc) is 3.26. The molecule has 0 heterocycles. The Morgan fingerprint density at radius 3 is 1.07 bits per heavy atom. The van der Waals surface area contributed by atoms with E-state index in [9.17, 15) is 14.4 Å². The fraction of sp³-hybridized carbons (Fsp3) is 0.655. The summed E-state index contributed by atoms with van der Waals surface area (Å²) in [6, 6.07) is 0. The molecule has 0 rings (SSSR count). The Kier molecular flexibility index (Phi) is 46.0. The number of unbranched alkanes of at least 4 members (excludes halogenated alkanes) is 22. The van der Waals surface area contributed by atoms with Crippen molar-refractivity contribution in [3.05, 3.63) is 97.2 Å². The van der Waals surface area contributed by atoms with Gasteiger partial charge in [0.25, 0.3) is 0 Å². The first kappa shape index (κ1) is 57.3. The van der Waals surface area contributed by atoms with Gasteiger partial charge in [-0.05, 0) is 64.2 Å². The van der Waals surface area contributed by atoms with Crippen molar-refractivity contribution >= 4 is 17.9 Å². The second kappa shape index (κ2) is 49.0. The van der Waals surface area contributed by atoms with E-state index in [1.165, 1.54) is 89.9 Å². The van der Waals surface area contributed by atoms with Crippen molar-refractivity contribution in [2.45, 2.75) is 219 Å². The molecule has 0 saturated heterocycles. The van der Waals surface area contributed by atoms with Crippen LogP contribution in [0.25, 0.3) is 0 Å². The summed E-state index contributed by atoms with van der Waals surface area (Å²) < 4.78 is 16.7. The van der Waals surface area contributed by atoms with E-state index in [4.69, 9.17) is 14.2 Å². The topological polar surface area (TPSA) is 78.9 Å². The predicted molar refractivity (Wildman–Crippen MR) is 260 cm³/mol. The molecule has 0 spiro atoms. The molecule has 0 aliphatic carbocycles. The van der Waals surface area contributed by atoms with E-state index < -0.39 is 6.10 Å². The van der Waals surface area contributed by atoms with Crippen molar-refractivity contribution in [3.63, 3.8) is 0 Å². The fourth-order valence-electron chi connectivity index (χ4n) is 6.54. The molecular weight excluding hydrogens is 757 g/mol. The van der Waals surface area contributed by atoms with Crippen molar-refractivity contribution < 1.29 is 28.6 Å². The summed E-state index contributed by atoms with van der Waals surface area (Å²) in [4.78, 5) is 37.9. The first-order chi connectivity index (χ1) is 30.0. The molecule has 0 aromatic rings. The third-order valence-electron chi connectivity index (χ3n) is 10.3. The number of rotatable bonds is 43. The lowest BCUT2D eigenvalue weighted by molar-refractivity contribution is -0.167. The molecule has 0 bridgehead atoms. The van der Waals surface area contributed by atoms with Gasteiger partial charge in [-0.2, -0.15) is 0 Å². The van der Waals surface area contributed by atoms with Crippen molar-refractivity contribution in [3.8, 4) is 0 Å². The van der Waals surface area contributed by atoms with Crippen LogP contribution in [0.15, 0.2) is 97.2 Å². The SMILES string of the molecule is CC\C=C/C=C\C=C/C=C\C=C\C=C/C=C\CCCCCC(=O)OCC(COC(=O)CCCCCCCCCCCC)OC(=O)CCCCC/C=C\CCCCCCCCC. The molecule has 0 aromatic carbocycles. The van der Waals surface area contributed by atoms with E-state index in [2.05, 4.69) is 45.1 Å². The van der Waals surface area contributed by atoms with Gasteiger partial charge >= 0.3 is 17.9 Å². The van der Waals surface area contributed by atoms with Gasteiger partial charge in [0.1, 0.15) is 13.2 Å². The molecule has 1 unspecified atom stereocenters. The third kappa shape index (κ3) is 47.2. The van der Waals surface area contributed by atoms with Crippen LogP contribution >= 0.6 is 0 Å². The molecule has 346 valence electrons. The summed E-state index contributed by atoms with van der Waals surface area (Å²) in [5, 5.41) is 0. The van der Waals surface area contributed by atoms with Crippen LogP contribution in [-0.4, -0.2) is 37.2 Å². The summed E-state index contributed by atoms with van der Waals surface area (Å²) in [6.45, 7) is 6.41. The minimum absolute atomic E-state index is 0.0982. The zero-order valence-electron chi connectivity index (χ0n) is 39.4. The van der Waals surface area contributed by atoms with Crippen LogP contribution in [0.5, 0.6) is 0 Å². The monoisotopic (exact) mass is 847 g/mol. The van der Waals surface area contributed by atoms with E-state index in [0.29, 0.717) is 19.3 Å². The molecule has 0 saturated carbocycles. The van der Waals surface area contributed by atoms with Gasteiger partial charge in [-0.3, -0.25) is 14.4 Å². The van der Waals surface area contributed by atoms with Gasteiger partial charge in [0.05, 0.1) is 0 Å². The number of ether oxygens (including phenoxy) is 3. The molecule has 0 aromatic heterocycles. The molecule has 0 aliphatic heterocycles. The van der Waals surface area contributed by atoms with E-state index in [-0.39, 0.29) is 31.1 Å². The molecule has 0 N–H and O–H groups in total. The minimum Gasteiger partial charge on any atom is -0.462 e. The van der Waals surface area contributed by atoms with Crippen LogP contribution in [-0.2, 0) is 28.6 Å². The number of carbonyl (C=O) groups is 3. The van der Waals surface area contributed by atoms with Gasteiger partial charge in [-0.25, -0.2) is 0 Å². The molecule has 61 heavy (non-hydrogen) atoms. The highest BCUT2D eigenvalue weighted by Gasteiger charge is 2.19. The van der Waals surface area contributed by atoms with Crippen LogP contribution in [0.3, 0.4) is 0 Å². The number of hydrogen-bond acceptors (Lipinski definition) is 6. The second-order valence-corrected chi connectivity index (χ2v) is 16.2. The van der Waals surface area contributed by atoms with Crippen molar-refractivity contribution in [1.29, 1.82) is 0 Å². The maximum absolute atomic E-state index is 12.8. The van der Waals surface area contributed by atoms with Crippen LogP contribution in [0.2, 0.25) is 0 Å². The van der Waals surface area contributed by atoms with E-state index >= 15 is 0 Å². The highest BCUT2D eigenvalue weighted by Crippen LogP contribution is 2.14. The van der Waals surface area contributed by atoms with Gasteiger partial charge < -0.3 is 14.2 Å². The first-order valence-corrected chi connectivity index (χ1v) is 24.8. The van der Waals surface area contributed by atoms with E-state index in [0.717, 1.165) is 83.5 Å². The second-order valence-electron chi connectivity index (χ2n) is 16.2. The van der Waals surface area contributed by atoms with Crippen molar-refractivity contribution in [2.24, 2.45) is 0 Å². The molecule has 6 nitrogen and oxygen atoms in total. The molecule has 0 fully saturated rings. The summed E-state index contributed by atoms with van der Waals surface area (Å²) in [5.41, 5.74) is 0. The highest BCUT2D eigenvalue weighted by atomic mass is 16.6. The molecule has 0 radical (unpaired) electrons. The summed E-state index contributed by atoms with van der Waals surface area (Å²) in [6.07, 6.45) is 63.8. The lowest BCUT2D eigenvalue weighted by atomic mass is 10.1. The Labute approximate surface area is 375 Å². The van der Waals surface area contributed by atoms with Crippen LogP contribution in [0.1, 0.15) is 213 Å². The Morgan fingerprint density at radius 2 is 0.656 bits per heavy atom. The Balaban J connectivity index is 4.50. The quantitative estimate of drug-likeness (QED) is 0.0200. The van der Waals surface area contributed by atoms with Crippen LogP contribution in [0.4, 0.5) is 0 Å². The zero-order chi connectivity index (χ0) is 44.4. The number of esters is 3. The van der Waals surface area contributed by atoms with Crippen LogP contribution < -0.4 is 0 Å². The molecular formula is C55H90O6. The Hall–Kier alpha value is -3.67. The van der Waals surface area contributed by atoms with Gasteiger partial charge in [0, 0.05) is 19.3 Å². The average molecular weight is 847 g/mol. The Bertz CT molecular complexity index is 1250. The molecule has 0 amide bonds. The van der Waals surface area contributed by atoms with Gasteiger partial charge in [0.2, 0.25) is 0 Å². The minimum atomic E-state index is -0.802. The van der Waals surface area contributed by atoms with Gasteiger partial charge in [0.15, 0.2) is 6.10 Å². The van der Waals surface area contributed by atoms with E-state index in [1.54, 1.807) is 0 Å². The van der Waals surface area contributed by atoms with Gasteiger partial charge in [-0.15, -0.1) is 0 Å². The maximum atomic E-state index is 12.8. The van der Waals surface area contributed by atoms with Crippen LogP contribution in [0, 0.1) is 0 Å². The van der Waals surface area contributed by atoms with Gasteiger partial charge in [-0.1, -0.05) is 227 Å². The largest absolute Gasteiger partial charge is 0.462 e. The number of allylic oxidation sites excluding steroid dienone is 16. The first-order valence-electron chi connectivity index (χ1n) is 24.8. The maximum Gasteiger partial charge on any atom is 0.306 e. The lowest BCUT2D eigenvalue weighted by Gasteiger charge is -2.18. The van der Waals surface area contributed by atoms with Crippen molar-refractivity contribution in [2.75, 3.05) is 13.2 Å². The van der Waals surface area contributed by atoms with Crippen molar-refractivity contribution in [1.82, 2.24) is 0 Å². The summed E-state index contributed by atoms with van der Waals surface area (Å²) in [5.74, 6) is -0.967. The molecule has 6 heteroatoms. The summed E-state index contributed by atoms with van der Waals surface area (Å²) >= 11 is 0. The number of hydrogen-bond donors (Lipinski definition) is 0. The normalized spacial score (nSPS) is 12.9. The highest BCUT2D eigenvalue weighted by molar-refractivity contribution is 5.71. The molecule has 1 atom stereocenters. The lowest BCUT2D eigenvalue weighted by Crippen LogP contribution is -2.30. The molecule has 0 aliphatic rings. The third-order valence-corrected chi connectivity index (χ3v) is 10.3. The fourth-order valence-corrected chi connectivity index (χ4v) is 6.54. The number of carbonyl (C=O) groups excluding carboxylic acids is 3. The zero-order valence-corrected chi connectivity index (χ0v) is 39.4. The standard InChI is InChI=1S/C55H90O6/c1-4-7-10-13-16-19-22-24-26-27-28-29-30-32-33-36-39-42-45-48-54(57)60-51-52(50-59-53(56)47-44-41-38-35-21-18-15-12-9-6-3)61-55(58)49-46-43-40-37-34-31-25-23-20-17-14-11-8-5-2/h7,10,13,16,19,22,24,26-34,52H,4-6,8-9,11-12,14-15,17-18,20-21,23,25,35-51H2,1-3H3/b10-7-,16-13-,22-19-,26-24-,28-27+,30-29-,33-32-,34-31-. The van der Waals surface area contributed by atoms with E-state index in [1.807, 2.05) is 72.9 Å². The predicted octanol–water partition coefficient (Wildman–Crippen LogP) is 16.2. The summed E-state index contributed by atoms with van der Waals surface area (Å²) in [7, 11) is 0. The Morgan fingerprint density at radius 1 is 0.344 bits per heavy atom. The smallest absolute Gasteiger partial charge is 0.306 e.